The van der Waals surface area contributed by atoms with Gasteiger partial charge in [0, 0.05) is 13.6 Å². The van der Waals surface area contributed by atoms with Gasteiger partial charge in [0.25, 0.3) is 0 Å². The number of hydrogen-bond acceptors (Lipinski definition) is 5. The summed E-state index contributed by atoms with van der Waals surface area (Å²) in [7, 11) is 1.56. The molecule has 100 valence electrons. The van der Waals surface area contributed by atoms with Gasteiger partial charge in [0.15, 0.2) is 0 Å². The third-order valence-corrected chi connectivity index (χ3v) is 2.23. The van der Waals surface area contributed by atoms with Crippen LogP contribution in [0.15, 0.2) is 6.33 Å². The number of hydrogen-bond donors (Lipinski definition) is 2. The van der Waals surface area contributed by atoms with Crippen molar-refractivity contribution < 1.29 is 9.59 Å². The highest BCUT2D eigenvalue weighted by atomic mass is 16.2. The number of anilines is 1. The zero-order chi connectivity index (χ0) is 13.5. The van der Waals surface area contributed by atoms with Crippen LogP contribution in [0.3, 0.4) is 0 Å². The van der Waals surface area contributed by atoms with Gasteiger partial charge in [-0.25, -0.2) is 9.67 Å². The molecule has 18 heavy (non-hydrogen) atoms. The van der Waals surface area contributed by atoms with Gasteiger partial charge in [0.1, 0.15) is 12.9 Å². The zero-order valence-corrected chi connectivity index (χ0v) is 10.6. The van der Waals surface area contributed by atoms with Gasteiger partial charge in [0.2, 0.25) is 17.8 Å². The Bertz CT molecular complexity index is 416. The molecule has 0 atom stereocenters. The molecule has 3 N–H and O–H groups in total. The maximum atomic E-state index is 11.7. The molecule has 0 aliphatic heterocycles. The quantitative estimate of drug-likeness (QED) is 0.666. The molecule has 8 heteroatoms. The van der Waals surface area contributed by atoms with Crippen LogP contribution in [0.5, 0.6) is 0 Å². The molecule has 1 aromatic rings. The van der Waals surface area contributed by atoms with Crippen LogP contribution in [-0.2, 0) is 16.1 Å². The second-order valence-electron chi connectivity index (χ2n) is 3.90. The lowest BCUT2D eigenvalue weighted by Crippen LogP contribution is -2.40. The fraction of sp³-hybridized carbons (Fsp3) is 0.600. The zero-order valence-electron chi connectivity index (χ0n) is 10.6. The maximum absolute atomic E-state index is 11.7. The molecule has 1 rings (SSSR count). The molecule has 8 nitrogen and oxygen atoms in total. The van der Waals surface area contributed by atoms with Gasteiger partial charge >= 0.3 is 0 Å². The van der Waals surface area contributed by atoms with E-state index in [9.17, 15) is 9.59 Å². The first-order valence-corrected chi connectivity index (χ1v) is 5.68. The Morgan fingerprint density at radius 1 is 1.56 bits per heavy atom. The van der Waals surface area contributed by atoms with Crippen molar-refractivity contribution in [2.24, 2.45) is 0 Å². The Morgan fingerprint density at radius 3 is 2.83 bits per heavy atom. The molecule has 0 aliphatic rings. The van der Waals surface area contributed by atoms with Crippen molar-refractivity contribution in [3.63, 3.8) is 0 Å². The summed E-state index contributed by atoms with van der Waals surface area (Å²) in [6.07, 6.45) is 2.24. The van der Waals surface area contributed by atoms with Crippen LogP contribution < -0.4 is 11.1 Å². The minimum atomic E-state index is -0.230. The number of amides is 2. The Kier molecular flexibility index (Phi) is 5.09. The van der Waals surface area contributed by atoms with E-state index in [0.29, 0.717) is 6.54 Å². The molecule has 1 heterocycles. The Morgan fingerprint density at radius 2 is 2.28 bits per heavy atom. The molecule has 0 unspecified atom stereocenters. The van der Waals surface area contributed by atoms with E-state index in [1.807, 2.05) is 6.92 Å². The summed E-state index contributed by atoms with van der Waals surface area (Å²) in [6.45, 7) is 2.62. The molecule has 0 radical (unpaired) electrons. The van der Waals surface area contributed by atoms with E-state index < -0.39 is 0 Å². The third-order valence-electron chi connectivity index (χ3n) is 2.23. The van der Waals surface area contributed by atoms with Gasteiger partial charge in [-0.3, -0.25) is 9.59 Å². The van der Waals surface area contributed by atoms with Crippen molar-refractivity contribution in [1.29, 1.82) is 0 Å². The minimum absolute atomic E-state index is 0.0156. The molecular formula is C10H18N6O2. The van der Waals surface area contributed by atoms with E-state index in [4.69, 9.17) is 5.73 Å². The summed E-state index contributed by atoms with van der Waals surface area (Å²) in [6, 6.07) is 0. The Labute approximate surface area is 105 Å². The number of nitrogens with two attached hydrogens (primary N) is 1. The number of nitrogens with zero attached hydrogens (tertiary/aromatic N) is 4. The monoisotopic (exact) mass is 254 g/mol. The SMILES string of the molecule is CCCNC(=O)CN(C)C(=O)Cn1cnc(N)n1. The first-order valence-electron chi connectivity index (χ1n) is 5.68. The molecule has 0 aliphatic carbocycles. The van der Waals surface area contributed by atoms with E-state index in [1.165, 1.54) is 15.9 Å². The van der Waals surface area contributed by atoms with Crippen LogP contribution in [0, 0.1) is 0 Å². The van der Waals surface area contributed by atoms with Gasteiger partial charge in [-0.15, -0.1) is 5.10 Å². The summed E-state index contributed by atoms with van der Waals surface area (Å²) >= 11 is 0. The van der Waals surface area contributed by atoms with E-state index in [-0.39, 0.29) is 30.9 Å². The Hall–Kier alpha value is -2.12. The maximum Gasteiger partial charge on any atom is 0.244 e. The largest absolute Gasteiger partial charge is 0.367 e. The van der Waals surface area contributed by atoms with Gasteiger partial charge < -0.3 is 16.0 Å². The number of nitrogens with one attached hydrogen (secondary N) is 1. The lowest BCUT2D eigenvalue weighted by molar-refractivity contribution is -0.135. The van der Waals surface area contributed by atoms with E-state index in [1.54, 1.807) is 7.05 Å². The number of nitrogen functional groups attached to an aromatic ring is 1. The van der Waals surface area contributed by atoms with E-state index >= 15 is 0 Å². The average Bonchev–Trinajstić information content (AvgIpc) is 2.72. The average molecular weight is 254 g/mol. The highest BCUT2D eigenvalue weighted by Gasteiger charge is 2.13. The lowest BCUT2D eigenvalue weighted by atomic mass is 10.4. The topological polar surface area (TPSA) is 106 Å². The molecule has 0 spiro atoms. The van der Waals surface area contributed by atoms with Gasteiger partial charge in [-0.05, 0) is 6.42 Å². The first-order chi connectivity index (χ1) is 8.52. The molecule has 0 fully saturated rings. The van der Waals surface area contributed by atoms with Crippen LogP contribution in [-0.4, -0.2) is 51.6 Å². The van der Waals surface area contributed by atoms with Crippen LogP contribution in [0.2, 0.25) is 0 Å². The third kappa shape index (κ3) is 4.40. The normalized spacial score (nSPS) is 10.1. The highest BCUT2D eigenvalue weighted by molar-refractivity contribution is 5.84. The molecule has 0 saturated heterocycles. The number of likely N-dealkylation sites (N-methyl/N-ethyl adjacent to an activating group) is 1. The second kappa shape index (κ2) is 6.58. The molecule has 1 aromatic heterocycles. The van der Waals surface area contributed by atoms with Crippen molar-refractivity contribution in [3.05, 3.63) is 6.33 Å². The summed E-state index contributed by atoms with van der Waals surface area (Å²) in [5, 5.41) is 6.50. The van der Waals surface area contributed by atoms with Gasteiger partial charge in [-0.2, -0.15) is 0 Å². The summed E-state index contributed by atoms with van der Waals surface area (Å²) in [5.74, 6) is -0.288. The number of aromatic nitrogens is 3. The molecular weight excluding hydrogens is 236 g/mol. The summed E-state index contributed by atoms with van der Waals surface area (Å²) < 4.78 is 1.33. The highest BCUT2D eigenvalue weighted by Crippen LogP contribution is 1.93. The smallest absolute Gasteiger partial charge is 0.244 e. The van der Waals surface area contributed by atoms with Crippen LogP contribution in [0.4, 0.5) is 5.95 Å². The van der Waals surface area contributed by atoms with Crippen molar-refractivity contribution in [2.45, 2.75) is 19.9 Å². The van der Waals surface area contributed by atoms with Crippen LogP contribution >= 0.6 is 0 Å². The Balaban J connectivity index is 2.39. The number of rotatable bonds is 6. The van der Waals surface area contributed by atoms with Crippen LogP contribution in [0.25, 0.3) is 0 Å². The van der Waals surface area contributed by atoms with Crippen molar-refractivity contribution in [2.75, 3.05) is 25.9 Å². The second-order valence-corrected chi connectivity index (χ2v) is 3.90. The summed E-state index contributed by atoms with van der Waals surface area (Å²) in [5.41, 5.74) is 5.33. The minimum Gasteiger partial charge on any atom is -0.367 e. The molecule has 0 saturated carbocycles. The molecule has 0 bridgehead atoms. The van der Waals surface area contributed by atoms with Crippen molar-refractivity contribution >= 4 is 17.8 Å². The van der Waals surface area contributed by atoms with Gasteiger partial charge in [-0.1, -0.05) is 6.92 Å². The predicted octanol–water partition coefficient (Wildman–Crippen LogP) is -1.16. The number of carbonyl (C=O) groups is 2. The predicted molar refractivity (Wildman–Crippen MR) is 65.4 cm³/mol. The molecule has 2 amide bonds. The standard InChI is InChI=1S/C10H18N6O2/c1-3-4-12-8(17)5-15(2)9(18)6-16-7-13-10(11)14-16/h7H,3-6H2,1-2H3,(H2,11,14)(H,12,17). The fourth-order valence-electron chi connectivity index (χ4n) is 1.27. The van der Waals surface area contributed by atoms with Crippen molar-refractivity contribution in [1.82, 2.24) is 25.0 Å². The first kappa shape index (κ1) is 13.9. The fourth-order valence-corrected chi connectivity index (χ4v) is 1.27. The van der Waals surface area contributed by atoms with Crippen LogP contribution in [0.1, 0.15) is 13.3 Å². The van der Waals surface area contributed by atoms with E-state index in [2.05, 4.69) is 15.4 Å². The lowest BCUT2D eigenvalue weighted by Gasteiger charge is -2.16. The molecule has 0 aromatic carbocycles. The number of carbonyl (C=O) groups excluding carboxylic acids is 2. The van der Waals surface area contributed by atoms with Crippen molar-refractivity contribution in [3.8, 4) is 0 Å². The van der Waals surface area contributed by atoms with Gasteiger partial charge in [0.05, 0.1) is 6.54 Å². The summed E-state index contributed by atoms with van der Waals surface area (Å²) in [4.78, 5) is 28.2. The van der Waals surface area contributed by atoms with E-state index in [0.717, 1.165) is 6.42 Å².